The topological polar surface area (TPSA) is 45.1 Å². The number of benzene rings is 2. The number of amides is 1. The third kappa shape index (κ3) is 4.24. The molecule has 158 valence electrons. The van der Waals surface area contributed by atoms with Crippen molar-refractivity contribution >= 4 is 11.6 Å². The standard InChI is InChI=1S/C24H28FN3O2/c1-17-7-5-6-14-27(17)16-24(29)28-22(20-8-3-4-9-23(20)30-2)15-21(26-28)18-10-12-19(25)13-11-18/h3-4,8-13,17,22H,5-7,14-16H2,1-2H3. The molecule has 2 aromatic rings. The summed E-state index contributed by atoms with van der Waals surface area (Å²) in [7, 11) is 1.64. The molecular formula is C24H28FN3O2. The molecule has 2 atom stereocenters. The van der Waals surface area contributed by atoms with Crippen LogP contribution in [0.25, 0.3) is 0 Å². The Balaban J connectivity index is 1.64. The van der Waals surface area contributed by atoms with Gasteiger partial charge >= 0.3 is 0 Å². The SMILES string of the molecule is COc1ccccc1C1CC(c2ccc(F)cc2)=NN1C(=O)CN1CCCCC1C. The van der Waals surface area contributed by atoms with Crippen molar-refractivity contribution < 1.29 is 13.9 Å². The van der Waals surface area contributed by atoms with Gasteiger partial charge in [-0.05, 0) is 50.1 Å². The van der Waals surface area contributed by atoms with Crippen molar-refractivity contribution in [3.63, 3.8) is 0 Å². The van der Waals surface area contributed by atoms with E-state index in [2.05, 4.69) is 11.8 Å². The Morgan fingerprint density at radius 2 is 1.93 bits per heavy atom. The van der Waals surface area contributed by atoms with Gasteiger partial charge in [0.25, 0.3) is 5.91 Å². The number of hydrogen-bond acceptors (Lipinski definition) is 4. The van der Waals surface area contributed by atoms with Crippen LogP contribution in [0.4, 0.5) is 4.39 Å². The molecule has 0 saturated carbocycles. The summed E-state index contributed by atoms with van der Waals surface area (Å²) in [5.74, 6) is 0.435. The van der Waals surface area contributed by atoms with Gasteiger partial charge in [-0.25, -0.2) is 9.40 Å². The Morgan fingerprint density at radius 1 is 1.17 bits per heavy atom. The van der Waals surface area contributed by atoms with Crippen LogP contribution in [0.3, 0.4) is 0 Å². The summed E-state index contributed by atoms with van der Waals surface area (Å²) in [5, 5.41) is 6.32. The lowest BCUT2D eigenvalue weighted by molar-refractivity contribution is -0.135. The molecule has 30 heavy (non-hydrogen) atoms. The molecule has 0 N–H and O–H groups in total. The summed E-state index contributed by atoms with van der Waals surface area (Å²) in [6, 6.07) is 14.2. The van der Waals surface area contributed by atoms with Crippen molar-refractivity contribution in [3.8, 4) is 5.75 Å². The number of halogens is 1. The minimum atomic E-state index is -0.286. The summed E-state index contributed by atoms with van der Waals surface area (Å²) < 4.78 is 19.0. The van der Waals surface area contributed by atoms with E-state index >= 15 is 0 Å². The fraction of sp³-hybridized carbons (Fsp3) is 0.417. The average Bonchev–Trinajstić information content (AvgIpc) is 3.21. The van der Waals surface area contributed by atoms with Crippen LogP contribution in [0.15, 0.2) is 53.6 Å². The van der Waals surface area contributed by atoms with Gasteiger partial charge in [-0.2, -0.15) is 5.10 Å². The molecule has 6 heteroatoms. The quantitative estimate of drug-likeness (QED) is 0.736. The van der Waals surface area contributed by atoms with Crippen LogP contribution in [0.1, 0.15) is 49.8 Å². The maximum atomic E-state index is 13.4. The number of carbonyl (C=O) groups is 1. The minimum absolute atomic E-state index is 0.0169. The largest absolute Gasteiger partial charge is 0.496 e. The predicted molar refractivity (Wildman–Crippen MR) is 115 cm³/mol. The first-order valence-corrected chi connectivity index (χ1v) is 10.6. The molecule has 5 nitrogen and oxygen atoms in total. The number of rotatable bonds is 5. The average molecular weight is 410 g/mol. The Kier molecular flexibility index (Phi) is 6.13. The number of carbonyl (C=O) groups excluding carboxylic acids is 1. The van der Waals surface area contributed by atoms with Gasteiger partial charge in [-0.15, -0.1) is 0 Å². The molecule has 2 aromatic carbocycles. The maximum Gasteiger partial charge on any atom is 0.257 e. The Labute approximate surface area is 177 Å². The van der Waals surface area contributed by atoms with E-state index in [0.717, 1.165) is 42.0 Å². The van der Waals surface area contributed by atoms with Crippen LogP contribution in [-0.2, 0) is 4.79 Å². The van der Waals surface area contributed by atoms with Crippen LogP contribution in [0.2, 0.25) is 0 Å². The number of nitrogens with zero attached hydrogens (tertiary/aromatic N) is 3. The van der Waals surface area contributed by atoms with E-state index in [-0.39, 0.29) is 17.8 Å². The van der Waals surface area contributed by atoms with Crippen LogP contribution in [0.5, 0.6) is 5.75 Å². The number of hydrogen-bond donors (Lipinski definition) is 0. The Morgan fingerprint density at radius 3 is 2.67 bits per heavy atom. The summed E-state index contributed by atoms with van der Waals surface area (Å²) in [5.41, 5.74) is 2.55. The number of likely N-dealkylation sites (tertiary alicyclic amines) is 1. The fourth-order valence-electron chi connectivity index (χ4n) is 4.38. The molecule has 0 spiro atoms. The van der Waals surface area contributed by atoms with Gasteiger partial charge < -0.3 is 4.74 Å². The number of piperidine rings is 1. The van der Waals surface area contributed by atoms with Crippen molar-refractivity contribution in [2.75, 3.05) is 20.2 Å². The lowest BCUT2D eigenvalue weighted by atomic mass is 9.97. The monoisotopic (exact) mass is 409 g/mol. The second-order valence-corrected chi connectivity index (χ2v) is 8.07. The number of ether oxygens (including phenoxy) is 1. The molecule has 2 aliphatic heterocycles. The molecule has 1 saturated heterocycles. The van der Waals surface area contributed by atoms with Crippen molar-refractivity contribution in [1.82, 2.24) is 9.91 Å². The zero-order valence-corrected chi connectivity index (χ0v) is 17.6. The van der Waals surface area contributed by atoms with E-state index in [9.17, 15) is 9.18 Å². The van der Waals surface area contributed by atoms with Gasteiger partial charge in [-0.3, -0.25) is 9.69 Å². The van der Waals surface area contributed by atoms with Crippen molar-refractivity contribution in [3.05, 3.63) is 65.5 Å². The second-order valence-electron chi connectivity index (χ2n) is 8.07. The molecule has 0 bridgehead atoms. The molecule has 0 radical (unpaired) electrons. The predicted octanol–water partition coefficient (Wildman–Crippen LogP) is 4.39. The molecule has 2 unspecified atom stereocenters. The fourth-order valence-corrected chi connectivity index (χ4v) is 4.38. The van der Waals surface area contributed by atoms with E-state index in [0.29, 0.717) is 19.0 Å². The van der Waals surface area contributed by atoms with Crippen LogP contribution in [-0.4, -0.2) is 47.8 Å². The van der Waals surface area contributed by atoms with Gasteiger partial charge in [0.1, 0.15) is 11.6 Å². The van der Waals surface area contributed by atoms with E-state index in [4.69, 9.17) is 9.84 Å². The molecule has 1 fully saturated rings. The minimum Gasteiger partial charge on any atom is -0.496 e. The van der Waals surface area contributed by atoms with Crippen molar-refractivity contribution in [1.29, 1.82) is 0 Å². The summed E-state index contributed by atoms with van der Waals surface area (Å²) in [6.45, 7) is 3.48. The van der Waals surface area contributed by atoms with Crippen molar-refractivity contribution in [2.24, 2.45) is 5.10 Å². The first-order valence-electron chi connectivity index (χ1n) is 10.6. The van der Waals surface area contributed by atoms with Crippen molar-refractivity contribution in [2.45, 2.75) is 44.7 Å². The molecule has 0 aliphatic carbocycles. The van der Waals surface area contributed by atoms with Crippen LogP contribution < -0.4 is 4.74 Å². The normalized spacial score (nSPS) is 22.1. The van der Waals surface area contributed by atoms with E-state index in [1.54, 1.807) is 24.3 Å². The van der Waals surface area contributed by atoms with Gasteiger partial charge in [-0.1, -0.05) is 36.8 Å². The Hall–Kier alpha value is -2.73. The van der Waals surface area contributed by atoms with Gasteiger partial charge in [0.15, 0.2) is 0 Å². The lowest BCUT2D eigenvalue weighted by Crippen LogP contribution is -2.44. The number of hydrazone groups is 1. The van der Waals surface area contributed by atoms with E-state index < -0.39 is 0 Å². The summed E-state index contributed by atoms with van der Waals surface area (Å²) >= 11 is 0. The molecule has 1 amide bonds. The highest BCUT2D eigenvalue weighted by Gasteiger charge is 2.36. The van der Waals surface area contributed by atoms with Crippen LogP contribution >= 0.6 is 0 Å². The van der Waals surface area contributed by atoms with Crippen LogP contribution in [0, 0.1) is 5.82 Å². The number of methoxy groups -OCH3 is 1. The van der Waals surface area contributed by atoms with Gasteiger partial charge in [0, 0.05) is 18.0 Å². The molecule has 4 rings (SSSR count). The first-order chi connectivity index (χ1) is 14.6. The third-order valence-electron chi connectivity index (χ3n) is 6.12. The highest BCUT2D eigenvalue weighted by molar-refractivity contribution is 6.03. The highest BCUT2D eigenvalue weighted by Crippen LogP contribution is 2.37. The highest BCUT2D eigenvalue weighted by atomic mass is 19.1. The number of para-hydroxylation sites is 1. The van der Waals surface area contributed by atoms with Gasteiger partial charge in [0.05, 0.1) is 25.4 Å². The molecular weight excluding hydrogens is 381 g/mol. The zero-order chi connectivity index (χ0) is 21.1. The molecule has 2 aliphatic rings. The zero-order valence-electron chi connectivity index (χ0n) is 17.6. The first kappa shape index (κ1) is 20.5. The molecule has 0 aromatic heterocycles. The summed E-state index contributed by atoms with van der Waals surface area (Å²) in [6.07, 6.45) is 4.02. The lowest BCUT2D eigenvalue weighted by Gasteiger charge is -2.34. The second kappa shape index (κ2) is 8.96. The maximum absolute atomic E-state index is 13.4. The molecule has 2 heterocycles. The summed E-state index contributed by atoms with van der Waals surface area (Å²) in [4.78, 5) is 15.6. The third-order valence-corrected chi connectivity index (χ3v) is 6.12. The van der Waals surface area contributed by atoms with Gasteiger partial charge in [0.2, 0.25) is 0 Å². The smallest absolute Gasteiger partial charge is 0.257 e. The van der Waals surface area contributed by atoms with E-state index in [1.165, 1.54) is 18.6 Å². The Bertz CT molecular complexity index is 928. The van der Waals surface area contributed by atoms with E-state index in [1.807, 2.05) is 24.3 Å².